The van der Waals surface area contributed by atoms with Crippen molar-refractivity contribution >= 4 is 17.5 Å². The Morgan fingerprint density at radius 2 is 1.61 bits per heavy atom. The molecule has 128 valence electrons. The molecule has 0 saturated carbocycles. The molecule has 0 bridgehead atoms. The number of rotatable bonds is 7. The Morgan fingerprint density at radius 1 is 1.09 bits per heavy atom. The molecule has 0 aliphatic rings. The Kier molecular flexibility index (Phi) is 7.23. The smallest absolute Gasteiger partial charge is 0.279 e. The third-order valence-electron chi connectivity index (χ3n) is 3.89. The van der Waals surface area contributed by atoms with E-state index in [4.69, 9.17) is 0 Å². The van der Waals surface area contributed by atoms with E-state index in [1.807, 2.05) is 41.7 Å². The van der Waals surface area contributed by atoms with Crippen LogP contribution in [0.25, 0.3) is 0 Å². The first kappa shape index (κ1) is 19.2. The van der Waals surface area contributed by atoms with Crippen LogP contribution in [0.5, 0.6) is 0 Å². The fourth-order valence-corrected chi connectivity index (χ4v) is 2.60. The molecular weight excluding hydrogens is 290 g/mol. The van der Waals surface area contributed by atoms with E-state index >= 15 is 0 Å². The first-order valence-electron chi connectivity index (χ1n) is 8.21. The summed E-state index contributed by atoms with van der Waals surface area (Å²) in [5.74, 6) is -0.0961. The molecule has 0 heterocycles. The highest BCUT2D eigenvalue weighted by Crippen LogP contribution is 2.21. The number of hydrogen-bond donors (Lipinski definition) is 3. The molecule has 23 heavy (non-hydrogen) atoms. The first-order valence-corrected chi connectivity index (χ1v) is 8.21. The summed E-state index contributed by atoms with van der Waals surface area (Å²) in [6.45, 7) is 10.6. The lowest BCUT2D eigenvalue weighted by Crippen LogP contribution is -3.11. The van der Waals surface area contributed by atoms with Crippen LogP contribution >= 0.6 is 0 Å². The average molecular weight is 320 g/mol. The Morgan fingerprint density at radius 3 is 2.13 bits per heavy atom. The number of nitrogens with one attached hydrogen (secondary N) is 3. The Bertz CT molecular complexity index is 546. The lowest BCUT2D eigenvalue weighted by atomic mass is 10.1. The van der Waals surface area contributed by atoms with Crippen LogP contribution in [-0.4, -0.2) is 38.0 Å². The van der Waals surface area contributed by atoms with Gasteiger partial charge in [-0.3, -0.25) is 9.59 Å². The Hall–Kier alpha value is -1.88. The van der Waals surface area contributed by atoms with Crippen LogP contribution in [0, 0.1) is 20.8 Å². The van der Waals surface area contributed by atoms with Crippen molar-refractivity contribution in [2.75, 3.05) is 25.5 Å². The summed E-state index contributed by atoms with van der Waals surface area (Å²) < 4.78 is 0. The highest BCUT2D eigenvalue weighted by Gasteiger charge is 2.16. The first-order chi connectivity index (χ1) is 10.7. The standard InChI is InChI=1S/C18H29N3O2/c1-7-15(5)19-16(22)10-21(6)11-17(23)20-18-13(3)8-12(2)9-14(18)4/h8-9,15H,7,10-11H2,1-6H3,(H,19,22)(H,20,23)/p+1/t15-/m0/s1. The summed E-state index contributed by atoms with van der Waals surface area (Å²) >= 11 is 0. The van der Waals surface area contributed by atoms with Crippen molar-refractivity contribution < 1.29 is 14.5 Å². The van der Waals surface area contributed by atoms with Gasteiger partial charge in [-0.15, -0.1) is 0 Å². The van der Waals surface area contributed by atoms with Crippen molar-refractivity contribution in [1.82, 2.24) is 5.32 Å². The molecule has 0 fully saturated rings. The topological polar surface area (TPSA) is 62.6 Å². The molecule has 0 spiro atoms. The second-order valence-corrected chi connectivity index (χ2v) is 6.51. The molecule has 3 N–H and O–H groups in total. The second kappa shape index (κ2) is 8.67. The number of quaternary nitrogens is 1. The van der Waals surface area contributed by atoms with Crippen molar-refractivity contribution in [1.29, 1.82) is 0 Å². The third kappa shape index (κ3) is 6.40. The Balaban J connectivity index is 2.55. The van der Waals surface area contributed by atoms with E-state index in [9.17, 15) is 9.59 Å². The molecule has 5 nitrogen and oxygen atoms in total. The van der Waals surface area contributed by atoms with Crippen molar-refractivity contribution in [2.45, 2.75) is 47.1 Å². The van der Waals surface area contributed by atoms with Crippen molar-refractivity contribution in [3.8, 4) is 0 Å². The number of likely N-dealkylation sites (N-methyl/N-ethyl adjacent to an activating group) is 1. The van der Waals surface area contributed by atoms with Crippen molar-refractivity contribution in [3.63, 3.8) is 0 Å². The van der Waals surface area contributed by atoms with Gasteiger partial charge in [0.2, 0.25) is 0 Å². The van der Waals surface area contributed by atoms with E-state index in [0.29, 0.717) is 6.54 Å². The van der Waals surface area contributed by atoms with Gasteiger partial charge >= 0.3 is 0 Å². The lowest BCUT2D eigenvalue weighted by molar-refractivity contribution is -0.862. The zero-order valence-electron chi connectivity index (χ0n) is 15.2. The molecule has 0 aliphatic heterocycles. The zero-order valence-corrected chi connectivity index (χ0v) is 15.2. The van der Waals surface area contributed by atoms with E-state index in [1.54, 1.807) is 0 Å². The molecule has 2 atom stereocenters. The van der Waals surface area contributed by atoms with Crippen LogP contribution in [0.1, 0.15) is 37.0 Å². The summed E-state index contributed by atoms with van der Waals surface area (Å²) in [6.07, 6.45) is 0.900. The molecule has 0 radical (unpaired) electrons. The minimum absolute atomic E-state index is 0.0210. The van der Waals surface area contributed by atoms with Crippen LogP contribution in [0.15, 0.2) is 12.1 Å². The number of hydrogen-bond acceptors (Lipinski definition) is 2. The maximum Gasteiger partial charge on any atom is 0.279 e. The lowest BCUT2D eigenvalue weighted by Gasteiger charge is -2.17. The van der Waals surface area contributed by atoms with Gasteiger partial charge in [0.05, 0.1) is 7.05 Å². The number of aryl methyl sites for hydroxylation is 3. The van der Waals surface area contributed by atoms with Gasteiger partial charge in [-0.25, -0.2) is 0 Å². The maximum atomic E-state index is 12.2. The summed E-state index contributed by atoms with van der Waals surface area (Å²) in [5.41, 5.74) is 4.17. The fraction of sp³-hybridized carbons (Fsp3) is 0.556. The van der Waals surface area contributed by atoms with E-state index in [1.165, 1.54) is 5.56 Å². The molecular formula is C18H30N3O2+. The average Bonchev–Trinajstić information content (AvgIpc) is 2.42. The minimum Gasteiger partial charge on any atom is -0.349 e. The predicted molar refractivity (Wildman–Crippen MR) is 93.8 cm³/mol. The number of carbonyl (C=O) groups excluding carboxylic acids is 2. The quantitative estimate of drug-likeness (QED) is 0.701. The van der Waals surface area contributed by atoms with Crippen LogP contribution in [0.4, 0.5) is 5.69 Å². The molecule has 2 amide bonds. The van der Waals surface area contributed by atoms with Gasteiger partial charge in [0, 0.05) is 11.7 Å². The van der Waals surface area contributed by atoms with Crippen LogP contribution < -0.4 is 15.5 Å². The van der Waals surface area contributed by atoms with Gasteiger partial charge < -0.3 is 15.5 Å². The SMILES string of the molecule is CC[C@H](C)NC(=O)C[NH+](C)CC(=O)Nc1c(C)cc(C)cc1C. The highest BCUT2D eigenvalue weighted by atomic mass is 16.2. The van der Waals surface area contributed by atoms with E-state index < -0.39 is 0 Å². The number of carbonyl (C=O) groups is 2. The molecule has 1 aromatic carbocycles. The van der Waals surface area contributed by atoms with Gasteiger partial charge in [0.15, 0.2) is 13.1 Å². The second-order valence-electron chi connectivity index (χ2n) is 6.51. The van der Waals surface area contributed by atoms with Gasteiger partial charge in [0.25, 0.3) is 11.8 Å². The summed E-state index contributed by atoms with van der Waals surface area (Å²) in [6, 6.07) is 4.28. The molecule has 0 aliphatic carbocycles. The number of anilines is 1. The molecule has 0 saturated heterocycles. The largest absolute Gasteiger partial charge is 0.349 e. The summed E-state index contributed by atoms with van der Waals surface area (Å²) in [5, 5.41) is 5.89. The summed E-state index contributed by atoms with van der Waals surface area (Å²) in [7, 11) is 1.85. The molecule has 1 unspecified atom stereocenters. The van der Waals surface area contributed by atoms with Crippen molar-refractivity contribution in [3.05, 3.63) is 28.8 Å². The van der Waals surface area contributed by atoms with Gasteiger partial charge in [0.1, 0.15) is 0 Å². The van der Waals surface area contributed by atoms with E-state index in [-0.39, 0.29) is 24.4 Å². The van der Waals surface area contributed by atoms with Gasteiger partial charge in [-0.05, 0) is 45.2 Å². The van der Waals surface area contributed by atoms with E-state index in [2.05, 4.69) is 22.8 Å². The number of benzene rings is 1. The highest BCUT2D eigenvalue weighted by molar-refractivity contribution is 5.93. The van der Waals surface area contributed by atoms with Gasteiger partial charge in [-0.2, -0.15) is 0 Å². The monoisotopic (exact) mass is 320 g/mol. The molecule has 5 heteroatoms. The van der Waals surface area contributed by atoms with Crippen LogP contribution in [-0.2, 0) is 9.59 Å². The predicted octanol–water partition coefficient (Wildman–Crippen LogP) is 0.980. The maximum absolute atomic E-state index is 12.2. The molecule has 0 aromatic heterocycles. The minimum atomic E-state index is -0.0751. The number of amides is 2. The normalized spacial score (nSPS) is 13.3. The van der Waals surface area contributed by atoms with Gasteiger partial charge in [-0.1, -0.05) is 24.6 Å². The molecule has 1 aromatic rings. The Labute approximate surface area is 139 Å². The molecule has 1 rings (SSSR count). The zero-order chi connectivity index (χ0) is 17.6. The van der Waals surface area contributed by atoms with E-state index in [0.717, 1.165) is 28.1 Å². The van der Waals surface area contributed by atoms with Crippen LogP contribution in [0.2, 0.25) is 0 Å². The summed E-state index contributed by atoms with van der Waals surface area (Å²) in [4.78, 5) is 24.9. The van der Waals surface area contributed by atoms with Crippen LogP contribution in [0.3, 0.4) is 0 Å². The van der Waals surface area contributed by atoms with Crippen molar-refractivity contribution in [2.24, 2.45) is 0 Å². The fourth-order valence-electron chi connectivity index (χ4n) is 2.60. The third-order valence-corrected chi connectivity index (χ3v) is 3.89.